The minimum Gasteiger partial charge on any atom is -0.445 e. The van der Waals surface area contributed by atoms with Crippen LogP contribution < -0.4 is 5.32 Å². The van der Waals surface area contributed by atoms with Crippen LogP contribution in [-0.2, 0) is 16.1 Å². The Hall–Kier alpha value is -2.28. The number of carbonyl (C=O) groups excluding carboxylic acids is 2. The zero-order chi connectivity index (χ0) is 19.0. The minimum atomic E-state index is -0.474. The molecule has 0 atom stereocenters. The Kier molecular flexibility index (Phi) is 7.26. The molecule has 2 rings (SSSR count). The van der Waals surface area contributed by atoms with Gasteiger partial charge in [-0.2, -0.15) is 0 Å². The molecular weight excluding hydrogens is 334 g/mol. The van der Waals surface area contributed by atoms with E-state index in [1.165, 1.54) is 0 Å². The van der Waals surface area contributed by atoms with E-state index in [2.05, 4.69) is 10.2 Å². The summed E-state index contributed by atoms with van der Waals surface area (Å²) in [6.45, 7) is 9.89. The van der Waals surface area contributed by atoms with E-state index in [9.17, 15) is 9.59 Å². The van der Waals surface area contributed by atoms with Gasteiger partial charge in [0.25, 0.3) is 0 Å². The molecule has 0 spiro atoms. The van der Waals surface area contributed by atoms with E-state index in [4.69, 9.17) is 9.47 Å². The Balaban J connectivity index is 1.58. The molecule has 1 aliphatic heterocycles. The van der Waals surface area contributed by atoms with Crippen LogP contribution >= 0.6 is 0 Å². The maximum absolute atomic E-state index is 12.0. The van der Waals surface area contributed by atoms with Crippen molar-refractivity contribution in [1.29, 1.82) is 0 Å². The third-order valence-corrected chi connectivity index (χ3v) is 3.93. The molecule has 0 aromatic heterocycles. The quantitative estimate of drug-likeness (QED) is 0.870. The average Bonchev–Trinajstić information content (AvgIpc) is 2.60. The maximum atomic E-state index is 12.0. The first kappa shape index (κ1) is 20.0. The van der Waals surface area contributed by atoms with Crippen molar-refractivity contribution in [3.63, 3.8) is 0 Å². The number of nitrogens with one attached hydrogen (secondary N) is 1. The van der Waals surface area contributed by atoms with E-state index < -0.39 is 11.7 Å². The Morgan fingerprint density at radius 1 is 1.08 bits per heavy atom. The van der Waals surface area contributed by atoms with Crippen LogP contribution in [0.25, 0.3) is 0 Å². The smallest absolute Gasteiger partial charge is 0.410 e. The second-order valence-corrected chi connectivity index (χ2v) is 7.30. The van der Waals surface area contributed by atoms with Gasteiger partial charge in [-0.3, -0.25) is 4.90 Å². The van der Waals surface area contributed by atoms with Crippen molar-refractivity contribution in [3.8, 4) is 0 Å². The molecule has 7 nitrogen and oxygen atoms in total. The molecule has 1 N–H and O–H groups in total. The van der Waals surface area contributed by atoms with Crippen molar-refractivity contribution >= 4 is 12.2 Å². The lowest BCUT2D eigenvalue weighted by Gasteiger charge is -2.35. The predicted octanol–water partition coefficient (Wildman–Crippen LogP) is 2.47. The van der Waals surface area contributed by atoms with Crippen LogP contribution in [0.1, 0.15) is 26.3 Å². The highest BCUT2D eigenvalue weighted by Gasteiger charge is 2.25. The minimum absolute atomic E-state index is 0.264. The van der Waals surface area contributed by atoms with E-state index in [0.717, 1.165) is 25.2 Å². The van der Waals surface area contributed by atoms with Crippen LogP contribution in [-0.4, -0.2) is 66.9 Å². The van der Waals surface area contributed by atoms with E-state index in [0.29, 0.717) is 19.6 Å². The van der Waals surface area contributed by atoms with Crippen LogP contribution in [0.2, 0.25) is 0 Å². The molecule has 7 heteroatoms. The van der Waals surface area contributed by atoms with Gasteiger partial charge in [-0.05, 0) is 26.3 Å². The number of piperazine rings is 1. The van der Waals surface area contributed by atoms with Gasteiger partial charge in [0, 0.05) is 39.3 Å². The zero-order valence-corrected chi connectivity index (χ0v) is 15.9. The summed E-state index contributed by atoms with van der Waals surface area (Å²) >= 11 is 0. The van der Waals surface area contributed by atoms with Gasteiger partial charge < -0.3 is 19.7 Å². The lowest BCUT2D eigenvalue weighted by Crippen LogP contribution is -2.51. The fourth-order valence-electron chi connectivity index (χ4n) is 2.57. The summed E-state index contributed by atoms with van der Waals surface area (Å²) in [6, 6.07) is 9.57. The predicted molar refractivity (Wildman–Crippen MR) is 98.9 cm³/mol. The lowest BCUT2D eigenvalue weighted by atomic mass is 10.2. The first-order valence-corrected chi connectivity index (χ1v) is 8.98. The van der Waals surface area contributed by atoms with Gasteiger partial charge >= 0.3 is 12.2 Å². The summed E-state index contributed by atoms with van der Waals surface area (Å²) in [5.41, 5.74) is 0.485. The monoisotopic (exact) mass is 363 g/mol. The second kappa shape index (κ2) is 9.43. The van der Waals surface area contributed by atoms with E-state index in [1.807, 2.05) is 51.1 Å². The highest BCUT2D eigenvalue weighted by atomic mass is 16.6. The summed E-state index contributed by atoms with van der Waals surface area (Å²) < 4.78 is 10.6. The molecule has 144 valence electrons. The molecule has 0 bridgehead atoms. The van der Waals surface area contributed by atoms with Crippen molar-refractivity contribution in [2.24, 2.45) is 0 Å². The molecule has 0 saturated carbocycles. The average molecular weight is 363 g/mol. The molecule has 1 heterocycles. The summed E-state index contributed by atoms with van der Waals surface area (Å²) in [5.74, 6) is 0. The van der Waals surface area contributed by atoms with Crippen molar-refractivity contribution in [1.82, 2.24) is 15.1 Å². The molecule has 1 fully saturated rings. The molecule has 2 amide bonds. The van der Waals surface area contributed by atoms with Crippen LogP contribution in [0.15, 0.2) is 30.3 Å². The van der Waals surface area contributed by atoms with E-state index >= 15 is 0 Å². The molecule has 1 aliphatic rings. The molecule has 0 unspecified atom stereocenters. The Morgan fingerprint density at radius 3 is 2.35 bits per heavy atom. The van der Waals surface area contributed by atoms with Crippen molar-refractivity contribution < 1.29 is 19.1 Å². The number of hydrogen-bond donors (Lipinski definition) is 1. The Morgan fingerprint density at radius 2 is 1.73 bits per heavy atom. The molecule has 1 aromatic rings. The SMILES string of the molecule is CC(C)(C)OC(=O)N1CCN(CCNC(=O)OCc2ccccc2)CC1. The molecule has 1 saturated heterocycles. The summed E-state index contributed by atoms with van der Waals surface area (Å²) in [6.07, 6.45) is -0.680. The van der Waals surface area contributed by atoms with E-state index in [1.54, 1.807) is 4.90 Å². The third kappa shape index (κ3) is 7.31. The standard InChI is InChI=1S/C19H29N3O4/c1-19(2,3)26-18(24)22-13-11-21(12-14-22)10-9-20-17(23)25-15-16-7-5-4-6-8-16/h4-8H,9-15H2,1-3H3,(H,20,23). The third-order valence-electron chi connectivity index (χ3n) is 3.93. The van der Waals surface area contributed by atoms with Crippen LogP contribution in [0, 0.1) is 0 Å². The highest BCUT2D eigenvalue weighted by Crippen LogP contribution is 2.11. The van der Waals surface area contributed by atoms with Gasteiger partial charge in [0.05, 0.1) is 0 Å². The number of benzene rings is 1. The maximum Gasteiger partial charge on any atom is 0.410 e. The summed E-state index contributed by atoms with van der Waals surface area (Å²) in [4.78, 5) is 27.7. The number of rotatable bonds is 5. The first-order valence-electron chi connectivity index (χ1n) is 8.98. The fourth-order valence-corrected chi connectivity index (χ4v) is 2.57. The Labute approximate surface area is 155 Å². The zero-order valence-electron chi connectivity index (χ0n) is 15.9. The molecule has 0 radical (unpaired) electrons. The van der Waals surface area contributed by atoms with Gasteiger partial charge in [0.2, 0.25) is 0 Å². The number of nitrogens with zero attached hydrogens (tertiary/aromatic N) is 2. The normalized spacial score (nSPS) is 15.4. The molecule has 26 heavy (non-hydrogen) atoms. The largest absolute Gasteiger partial charge is 0.445 e. The number of alkyl carbamates (subject to hydrolysis) is 1. The first-order chi connectivity index (χ1) is 12.3. The Bertz CT molecular complexity index is 578. The lowest BCUT2D eigenvalue weighted by molar-refractivity contribution is 0.0146. The number of amides is 2. The van der Waals surface area contributed by atoms with Crippen molar-refractivity contribution in [2.45, 2.75) is 33.0 Å². The van der Waals surface area contributed by atoms with Crippen LogP contribution in [0.3, 0.4) is 0 Å². The summed E-state index contributed by atoms with van der Waals surface area (Å²) in [5, 5.41) is 2.76. The van der Waals surface area contributed by atoms with Crippen molar-refractivity contribution in [3.05, 3.63) is 35.9 Å². The van der Waals surface area contributed by atoms with Gasteiger partial charge in [-0.25, -0.2) is 9.59 Å². The summed E-state index contributed by atoms with van der Waals surface area (Å²) in [7, 11) is 0. The second-order valence-electron chi connectivity index (χ2n) is 7.30. The molecular formula is C19H29N3O4. The van der Waals surface area contributed by atoms with Gasteiger partial charge in [0.1, 0.15) is 12.2 Å². The van der Waals surface area contributed by atoms with Crippen LogP contribution in [0.4, 0.5) is 9.59 Å². The van der Waals surface area contributed by atoms with Gasteiger partial charge in [-0.1, -0.05) is 30.3 Å². The number of hydrogen-bond acceptors (Lipinski definition) is 5. The van der Waals surface area contributed by atoms with Crippen molar-refractivity contribution in [2.75, 3.05) is 39.3 Å². The van der Waals surface area contributed by atoms with Crippen LogP contribution in [0.5, 0.6) is 0 Å². The van der Waals surface area contributed by atoms with Gasteiger partial charge in [-0.15, -0.1) is 0 Å². The fraction of sp³-hybridized carbons (Fsp3) is 0.579. The molecule has 1 aromatic carbocycles. The topological polar surface area (TPSA) is 71.1 Å². The number of carbonyl (C=O) groups is 2. The highest BCUT2D eigenvalue weighted by molar-refractivity contribution is 5.68. The van der Waals surface area contributed by atoms with E-state index in [-0.39, 0.29) is 12.7 Å². The van der Waals surface area contributed by atoms with Gasteiger partial charge in [0.15, 0.2) is 0 Å². The number of ether oxygens (including phenoxy) is 2. The molecule has 0 aliphatic carbocycles.